The van der Waals surface area contributed by atoms with Crippen LogP contribution >= 0.6 is 0 Å². The summed E-state index contributed by atoms with van der Waals surface area (Å²) in [5, 5.41) is 5.29. The molecule has 1 aromatic carbocycles. The van der Waals surface area contributed by atoms with Gasteiger partial charge in [-0.05, 0) is 24.8 Å². The molecular weight excluding hydrogens is 324 g/mol. The predicted molar refractivity (Wildman–Crippen MR) is 92.7 cm³/mol. The van der Waals surface area contributed by atoms with Crippen molar-refractivity contribution in [1.29, 1.82) is 0 Å². The van der Waals surface area contributed by atoms with E-state index in [1.54, 1.807) is 6.92 Å². The molecule has 138 valence electrons. The Bertz CT molecular complexity index is 548. The number of nitrogens with one attached hydrogen (secondary N) is 2. The molecule has 1 unspecified atom stereocenters. The number of esters is 1. The van der Waals surface area contributed by atoms with Gasteiger partial charge in [-0.15, -0.1) is 0 Å². The predicted octanol–water partition coefficient (Wildman–Crippen LogP) is 2.15. The van der Waals surface area contributed by atoms with Gasteiger partial charge in [0, 0.05) is 13.0 Å². The maximum Gasteiger partial charge on any atom is 0.408 e. The zero-order valence-electron chi connectivity index (χ0n) is 14.7. The first-order valence-electron chi connectivity index (χ1n) is 8.38. The van der Waals surface area contributed by atoms with Crippen molar-refractivity contribution in [2.75, 3.05) is 13.7 Å². The maximum atomic E-state index is 11.9. The van der Waals surface area contributed by atoms with Gasteiger partial charge in [-0.2, -0.15) is 0 Å². The first kappa shape index (κ1) is 20.5. The number of hydrogen-bond donors (Lipinski definition) is 2. The third-order valence-electron chi connectivity index (χ3n) is 3.55. The van der Waals surface area contributed by atoms with Gasteiger partial charge in [-0.25, -0.2) is 9.59 Å². The molecular formula is C18H26N2O5. The van der Waals surface area contributed by atoms with Gasteiger partial charge in [0.15, 0.2) is 0 Å². The Hall–Kier alpha value is -2.57. The minimum Gasteiger partial charge on any atom is -0.467 e. The van der Waals surface area contributed by atoms with E-state index in [0.717, 1.165) is 5.56 Å². The summed E-state index contributed by atoms with van der Waals surface area (Å²) >= 11 is 0. The second-order valence-corrected chi connectivity index (χ2v) is 5.48. The number of unbranched alkanes of at least 4 members (excludes halogenated alkanes) is 1. The number of carbonyl (C=O) groups excluding carboxylic acids is 3. The molecule has 2 N–H and O–H groups in total. The molecule has 0 aliphatic rings. The van der Waals surface area contributed by atoms with Gasteiger partial charge >= 0.3 is 12.1 Å². The van der Waals surface area contributed by atoms with Crippen molar-refractivity contribution in [2.45, 2.75) is 45.3 Å². The van der Waals surface area contributed by atoms with Gasteiger partial charge in [0.25, 0.3) is 0 Å². The molecule has 0 saturated heterocycles. The fraction of sp³-hybridized carbons (Fsp3) is 0.500. The highest BCUT2D eigenvalue weighted by atomic mass is 16.6. The summed E-state index contributed by atoms with van der Waals surface area (Å²) in [6.07, 6.45) is 1.55. The van der Waals surface area contributed by atoms with Gasteiger partial charge < -0.3 is 20.1 Å². The standard InChI is InChI=1S/C18H26N2O5/c1-3-16(21)19-12-8-7-11-15(17(22)24-2)20-18(23)25-13-14-9-5-4-6-10-14/h4-6,9-10,15H,3,7-8,11-13H2,1-2H3,(H,19,21)(H,20,23). The number of carbonyl (C=O) groups is 3. The maximum absolute atomic E-state index is 11.9. The van der Waals surface area contributed by atoms with E-state index in [1.807, 2.05) is 30.3 Å². The summed E-state index contributed by atoms with van der Waals surface area (Å²) in [7, 11) is 1.27. The monoisotopic (exact) mass is 350 g/mol. The first-order valence-corrected chi connectivity index (χ1v) is 8.38. The molecule has 0 saturated carbocycles. The van der Waals surface area contributed by atoms with E-state index in [9.17, 15) is 14.4 Å². The number of alkyl carbamates (subject to hydrolysis) is 1. The Morgan fingerprint density at radius 2 is 1.84 bits per heavy atom. The molecule has 1 rings (SSSR count). The molecule has 0 aliphatic carbocycles. The second kappa shape index (κ2) is 11.9. The normalized spacial score (nSPS) is 11.3. The van der Waals surface area contributed by atoms with Gasteiger partial charge in [0.05, 0.1) is 7.11 Å². The fourth-order valence-electron chi connectivity index (χ4n) is 2.12. The SMILES string of the molecule is CCC(=O)NCCCCC(NC(=O)OCc1ccccc1)C(=O)OC. The zero-order valence-corrected chi connectivity index (χ0v) is 14.7. The number of hydrogen-bond acceptors (Lipinski definition) is 5. The molecule has 0 spiro atoms. The number of amides is 2. The minimum atomic E-state index is -0.768. The van der Waals surface area contributed by atoms with Crippen LogP contribution in [0.4, 0.5) is 4.79 Å². The average Bonchev–Trinajstić information content (AvgIpc) is 2.65. The molecule has 25 heavy (non-hydrogen) atoms. The smallest absolute Gasteiger partial charge is 0.408 e. The van der Waals surface area contributed by atoms with Crippen LogP contribution in [-0.2, 0) is 25.7 Å². The minimum absolute atomic E-state index is 0.00728. The lowest BCUT2D eigenvalue weighted by atomic mass is 10.1. The summed E-state index contributed by atoms with van der Waals surface area (Å²) in [4.78, 5) is 34.8. The van der Waals surface area contributed by atoms with Crippen LogP contribution in [0, 0.1) is 0 Å². The van der Waals surface area contributed by atoms with Gasteiger partial charge in [0.1, 0.15) is 12.6 Å². The van der Waals surface area contributed by atoms with Crippen molar-refractivity contribution in [2.24, 2.45) is 0 Å². The lowest BCUT2D eigenvalue weighted by molar-refractivity contribution is -0.143. The molecule has 0 aliphatic heterocycles. The van der Waals surface area contributed by atoms with E-state index < -0.39 is 18.1 Å². The lowest BCUT2D eigenvalue weighted by Crippen LogP contribution is -2.41. The average molecular weight is 350 g/mol. The third kappa shape index (κ3) is 8.74. The van der Waals surface area contributed by atoms with Crippen LogP contribution in [0.15, 0.2) is 30.3 Å². The van der Waals surface area contributed by atoms with Crippen molar-refractivity contribution in [3.63, 3.8) is 0 Å². The summed E-state index contributed by atoms with van der Waals surface area (Å²) in [6, 6.07) is 8.50. The molecule has 0 bridgehead atoms. The van der Waals surface area contributed by atoms with E-state index in [-0.39, 0.29) is 12.5 Å². The third-order valence-corrected chi connectivity index (χ3v) is 3.55. The van der Waals surface area contributed by atoms with E-state index in [0.29, 0.717) is 32.2 Å². The molecule has 0 aromatic heterocycles. The second-order valence-electron chi connectivity index (χ2n) is 5.48. The van der Waals surface area contributed by atoms with Crippen LogP contribution in [0.2, 0.25) is 0 Å². The van der Waals surface area contributed by atoms with Crippen LogP contribution < -0.4 is 10.6 Å². The highest BCUT2D eigenvalue weighted by molar-refractivity contribution is 5.81. The highest BCUT2D eigenvalue weighted by Crippen LogP contribution is 2.05. The zero-order chi connectivity index (χ0) is 18.5. The van der Waals surface area contributed by atoms with Gasteiger partial charge in [-0.1, -0.05) is 37.3 Å². The van der Waals surface area contributed by atoms with Crippen molar-refractivity contribution in [3.05, 3.63) is 35.9 Å². The summed E-state index contributed by atoms with van der Waals surface area (Å²) < 4.78 is 9.82. The van der Waals surface area contributed by atoms with Crippen molar-refractivity contribution in [1.82, 2.24) is 10.6 Å². The largest absolute Gasteiger partial charge is 0.467 e. The van der Waals surface area contributed by atoms with Crippen LogP contribution in [-0.4, -0.2) is 37.7 Å². The molecule has 1 atom stereocenters. The molecule has 0 fully saturated rings. The first-order chi connectivity index (χ1) is 12.1. The van der Waals surface area contributed by atoms with Gasteiger partial charge in [0.2, 0.25) is 5.91 Å². The summed E-state index contributed by atoms with van der Waals surface area (Å²) in [5.74, 6) is -0.526. The fourth-order valence-corrected chi connectivity index (χ4v) is 2.12. The number of methoxy groups -OCH3 is 1. The van der Waals surface area contributed by atoms with Crippen LogP contribution in [0.5, 0.6) is 0 Å². The molecule has 0 heterocycles. The van der Waals surface area contributed by atoms with Crippen LogP contribution in [0.1, 0.15) is 38.2 Å². The number of ether oxygens (including phenoxy) is 2. The lowest BCUT2D eigenvalue weighted by Gasteiger charge is -2.16. The topological polar surface area (TPSA) is 93.7 Å². The van der Waals surface area contributed by atoms with Crippen molar-refractivity contribution in [3.8, 4) is 0 Å². The summed E-state index contributed by atoms with van der Waals surface area (Å²) in [5.41, 5.74) is 0.860. The molecule has 2 amide bonds. The van der Waals surface area contributed by atoms with Crippen molar-refractivity contribution >= 4 is 18.0 Å². The Morgan fingerprint density at radius 3 is 2.48 bits per heavy atom. The Kier molecular flexibility index (Phi) is 9.74. The molecule has 0 radical (unpaired) electrons. The van der Waals surface area contributed by atoms with E-state index in [4.69, 9.17) is 9.47 Å². The summed E-state index contributed by atoms with van der Waals surface area (Å²) in [6.45, 7) is 2.45. The van der Waals surface area contributed by atoms with Gasteiger partial charge in [-0.3, -0.25) is 4.79 Å². The Labute approximate surface area is 148 Å². The molecule has 7 nitrogen and oxygen atoms in total. The number of benzene rings is 1. The Balaban J connectivity index is 2.35. The van der Waals surface area contributed by atoms with Crippen LogP contribution in [0.3, 0.4) is 0 Å². The van der Waals surface area contributed by atoms with E-state index in [2.05, 4.69) is 10.6 Å². The number of rotatable bonds is 10. The Morgan fingerprint density at radius 1 is 1.12 bits per heavy atom. The van der Waals surface area contributed by atoms with Crippen molar-refractivity contribution < 1.29 is 23.9 Å². The van der Waals surface area contributed by atoms with E-state index in [1.165, 1.54) is 7.11 Å². The molecule has 1 aromatic rings. The van der Waals surface area contributed by atoms with Crippen LogP contribution in [0.25, 0.3) is 0 Å². The molecule has 7 heteroatoms. The van der Waals surface area contributed by atoms with E-state index >= 15 is 0 Å². The highest BCUT2D eigenvalue weighted by Gasteiger charge is 2.21. The quantitative estimate of drug-likeness (QED) is 0.498.